The molecule has 0 aromatic carbocycles. The maximum absolute atomic E-state index is 13.5. The normalized spacial score (nSPS) is 24.8. The lowest BCUT2D eigenvalue weighted by molar-refractivity contribution is -0.147. The first-order valence-corrected chi connectivity index (χ1v) is 10.3. The summed E-state index contributed by atoms with van der Waals surface area (Å²) < 4.78 is 0. The number of nitrogens with one attached hydrogen (secondary N) is 3. The number of amides is 2. The highest BCUT2D eigenvalue weighted by atomic mass is 16.3. The molecule has 29 heavy (non-hydrogen) atoms. The zero-order chi connectivity index (χ0) is 22.0. The molecule has 9 heteroatoms. The Morgan fingerprint density at radius 2 is 1.93 bits per heavy atom. The van der Waals surface area contributed by atoms with Crippen LogP contribution in [0.2, 0.25) is 0 Å². The van der Waals surface area contributed by atoms with Crippen LogP contribution in [0.4, 0.5) is 0 Å². The largest absolute Gasteiger partial charge is 0.396 e. The van der Waals surface area contributed by atoms with E-state index in [0.29, 0.717) is 6.54 Å². The van der Waals surface area contributed by atoms with Crippen LogP contribution in [0, 0.1) is 10.8 Å². The molecular formula is C20H37N5O4. The van der Waals surface area contributed by atoms with Gasteiger partial charge in [-0.15, -0.1) is 0 Å². The van der Waals surface area contributed by atoms with Gasteiger partial charge in [0.2, 0.25) is 11.8 Å². The van der Waals surface area contributed by atoms with Crippen molar-refractivity contribution in [1.29, 1.82) is 0 Å². The molecule has 0 spiro atoms. The molecule has 3 atom stereocenters. The Hall–Kier alpha value is -1.55. The molecule has 9 nitrogen and oxygen atoms in total. The van der Waals surface area contributed by atoms with Crippen LogP contribution in [0.1, 0.15) is 53.9 Å². The minimum atomic E-state index is -0.749. The number of carbonyl (C=O) groups excluding carboxylic acids is 3. The van der Waals surface area contributed by atoms with Crippen LogP contribution in [0.25, 0.3) is 0 Å². The van der Waals surface area contributed by atoms with Crippen LogP contribution >= 0.6 is 0 Å². The van der Waals surface area contributed by atoms with E-state index in [1.807, 2.05) is 39.6 Å². The van der Waals surface area contributed by atoms with E-state index in [2.05, 4.69) is 16.3 Å². The molecule has 2 aliphatic heterocycles. The first-order valence-electron chi connectivity index (χ1n) is 10.3. The second kappa shape index (κ2) is 9.07. The number of aliphatic hydroxyl groups is 1. The average molecular weight is 412 g/mol. The van der Waals surface area contributed by atoms with Gasteiger partial charge in [-0.3, -0.25) is 14.4 Å². The number of rotatable bonds is 7. The van der Waals surface area contributed by atoms with Gasteiger partial charge in [0.05, 0.1) is 6.54 Å². The van der Waals surface area contributed by atoms with Crippen molar-refractivity contribution in [3.8, 4) is 0 Å². The number of aliphatic hydroxyl groups excluding tert-OH is 1. The third kappa shape index (κ3) is 5.75. The summed E-state index contributed by atoms with van der Waals surface area (Å²) >= 11 is 0. The van der Waals surface area contributed by atoms with Gasteiger partial charge in [0.15, 0.2) is 5.78 Å². The van der Waals surface area contributed by atoms with Crippen molar-refractivity contribution in [2.45, 2.75) is 72.0 Å². The molecule has 0 aromatic rings. The van der Waals surface area contributed by atoms with E-state index in [9.17, 15) is 19.5 Å². The lowest BCUT2D eigenvalue weighted by atomic mass is 9.84. The van der Waals surface area contributed by atoms with Gasteiger partial charge in [-0.2, -0.15) is 5.53 Å². The number of hydrogen-bond donors (Lipinski definition) is 4. The van der Waals surface area contributed by atoms with Crippen LogP contribution in [0.5, 0.6) is 0 Å². The molecule has 0 bridgehead atoms. The molecular weight excluding hydrogens is 374 g/mol. The van der Waals surface area contributed by atoms with Crippen molar-refractivity contribution < 1.29 is 19.5 Å². The van der Waals surface area contributed by atoms with E-state index in [1.165, 1.54) is 11.9 Å². The molecule has 0 aromatic heterocycles. The smallest absolute Gasteiger partial charge is 0.243 e. The molecule has 2 saturated heterocycles. The number of Topliss-reactive ketones (excluding diaryl/α,β-unsaturated/α-hetero) is 1. The Morgan fingerprint density at radius 3 is 2.48 bits per heavy atom. The summed E-state index contributed by atoms with van der Waals surface area (Å²) in [6, 6.07) is -1.15. The molecule has 1 unspecified atom stereocenters. The molecule has 0 aliphatic carbocycles. The average Bonchev–Trinajstić information content (AvgIpc) is 3.25. The van der Waals surface area contributed by atoms with Crippen LogP contribution in [-0.4, -0.2) is 77.5 Å². The highest BCUT2D eigenvalue weighted by Gasteiger charge is 2.47. The third-order valence-electron chi connectivity index (χ3n) is 5.77. The van der Waals surface area contributed by atoms with Gasteiger partial charge < -0.3 is 15.3 Å². The summed E-state index contributed by atoms with van der Waals surface area (Å²) in [4.78, 5) is 39.1. The van der Waals surface area contributed by atoms with Crippen molar-refractivity contribution in [1.82, 2.24) is 26.2 Å². The Morgan fingerprint density at radius 1 is 1.28 bits per heavy atom. The molecule has 0 saturated carbocycles. The Balaban J connectivity index is 2.13. The molecule has 2 aliphatic rings. The van der Waals surface area contributed by atoms with E-state index >= 15 is 0 Å². The van der Waals surface area contributed by atoms with Crippen molar-refractivity contribution in [2.24, 2.45) is 10.8 Å². The number of ketones is 1. The molecule has 166 valence electrons. The van der Waals surface area contributed by atoms with Crippen molar-refractivity contribution in [3.05, 3.63) is 0 Å². The number of hydrazine groups is 2. The van der Waals surface area contributed by atoms with E-state index in [1.54, 1.807) is 0 Å². The maximum Gasteiger partial charge on any atom is 0.243 e. The lowest BCUT2D eigenvalue weighted by Gasteiger charge is -2.39. The van der Waals surface area contributed by atoms with Gasteiger partial charge in [-0.05, 0) is 23.7 Å². The summed E-state index contributed by atoms with van der Waals surface area (Å²) in [5, 5.41) is 13.9. The summed E-state index contributed by atoms with van der Waals surface area (Å²) in [6.07, 6.45) is 1.77. The van der Waals surface area contributed by atoms with Gasteiger partial charge >= 0.3 is 0 Å². The zero-order valence-corrected chi connectivity index (χ0v) is 18.5. The molecule has 2 rings (SSSR count). The zero-order valence-electron chi connectivity index (χ0n) is 18.5. The van der Waals surface area contributed by atoms with Crippen molar-refractivity contribution in [3.63, 3.8) is 0 Å². The van der Waals surface area contributed by atoms with Crippen LogP contribution in [0.15, 0.2) is 0 Å². The van der Waals surface area contributed by atoms with Gasteiger partial charge in [-0.1, -0.05) is 34.6 Å². The van der Waals surface area contributed by atoms with Gasteiger partial charge in [0.25, 0.3) is 0 Å². The summed E-state index contributed by atoms with van der Waals surface area (Å²) in [5.41, 5.74) is 5.80. The summed E-state index contributed by atoms with van der Waals surface area (Å²) in [5.74, 6) is -0.632. The second-order valence-electron chi connectivity index (χ2n) is 10.1. The Kier molecular flexibility index (Phi) is 7.42. The highest BCUT2D eigenvalue weighted by molar-refractivity contribution is 6.00. The van der Waals surface area contributed by atoms with Crippen LogP contribution in [0.3, 0.4) is 0 Å². The van der Waals surface area contributed by atoms with Crippen LogP contribution in [-0.2, 0) is 14.4 Å². The summed E-state index contributed by atoms with van der Waals surface area (Å²) in [7, 11) is 1.51. The summed E-state index contributed by atoms with van der Waals surface area (Å²) in [6.45, 7) is 10.7. The fraction of sp³-hybridized carbons (Fsp3) is 0.850. The van der Waals surface area contributed by atoms with Gasteiger partial charge in [-0.25, -0.2) is 10.4 Å². The number of hydrogen-bond acceptors (Lipinski definition) is 7. The predicted molar refractivity (Wildman–Crippen MR) is 109 cm³/mol. The van der Waals surface area contributed by atoms with Crippen molar-refractivity contribution >= 4 is 17.6 Å². The lowest BCUT2D eigenvalue weighted by Crippen LogP contribution is -2.60. The predicted octanol–water partition coefficient (Wildman–Crippen LogP) is -0.191. The quantitative estimate of drug-likeness (QED) is 0.459. The second-order valence-corrected chi connectivity index (χ2v) is 10.1. The Bertz CT molecular complexity index is 631. The monoisotopic (exact) mass is 411 g/mol. The molecule has 4 N–H and O–H groups in total. The fourth-order valence-electron chi connectivity index (χ4n) is 3.93. The maximum atomic E-state index is 13.5. The highest BCUT2D eigenvalue weighted by Crippen LogP contribution is 2.30. The number of likely N-dealkylation sites (tertiary alicyclic amines) is 1. The van der Waals surface area contributed by atoms with Crippen LogP contribution < -0.4 is 16.3 Å². The molecule has 2 heterocycles. The topological polar surface area (TPSA) is 114 Å². The van der Waals surface area contributed by atoms with E-state index < -0.39 is 17.5 Å². The first kappa shape index (κ1) is 23.7. The van der Waals surface area contributed by atoms with Gasteiger partial charge in [0.1, 0.15) is 12.1 Å². The fourth-order valence-corrected chi connectivity index (χ4v) is 3.93. The molecule has 2 amide bonds. The third-order valence-corrected chi connectivity index (χ3v) is 5.77. The van der Waals surface area contributed by atoms with Crippen molar-refractivity contribution in [2.75, 3.05) is 26.7 Å². The minimum Gasteiger partial charge on any atom is -0.396 e. The molecule has 0 radical (unpaired) electrons. The molecule has 2 fully saturated rings. The van der Waals surface area contributed by atoms with Gasteiger partial charge in [0, 0.05) is 32.7 Å². The Labute approximate surface area is 173 Å². The minimum absolute atomic E-state index is 0.0289. The standard InChI is InChI=1S/C20H37N5O4/c1-19(2,3)16(18(29)24-11-14(27)9-15(24)17(28)21-6)25-10-13(22-23-25)7-8-20(4,5)12-26/h13,15-16,22-23,26H,7-12H2,1-6H3,(H,21,28)/t13?,15-,16+/m0/s1. The number of nitrogens with zero attached hydrogens (tertiary/aromatic N) is 2. The van der Waals surface area contributed by atoms with E-state index in [0.717, 1.165) is 12.8 Å². The number of likely N-dealkylation sites (N-methyl/N-ethyl adjacent to an activating group) is 1. The van der Waals surface area contributed by atoms with E-state index in [4.69, 9.17) is 0 Å². The number of carbonyl (C=O) groups is 3. The SMILES string of the molecule is CNC(=O)[C@@H]1CC(=O)CN1C(=O)[C@@H](N1CC(CCC(C)(C)CO)NN1)C(C)(C)C. The first-order chi connectivity index (χ1) is 13.4. The van der Waals surface area contributed by atoms with E-state index in [-0.39, 0.29) is 48.6 Å².